The highest BCUT2D eigenvalue weighted by molar-refractivity contribution is 5.82. The Morgan fingerprint density at radius 3 is 2.68 bits per heavy atom. The molecule has 7 heteroatoms. The SMILES string of the molecule is Cc1cc(F)c2c(c1)CCCN2CC(=O)N(C)CC(F)(F)F. The van der Waals surface area contributed by atoms with Gasteiger partial charge in [-0.2, -0.15) is 13.2 Å². The molecule has 0 spiro atoms. The van der Waals surface area contributed by atoms with Gasteiger partial charge in [0.05, 0.1) is 12.2 Å². The summed E-state index contributed by atoms with van der Waals surface area (Å²) in [4.78, 5) is 14.1. The van der Waals surface area contributed by atoms with Crippen LogP contribution in [-0.2, 0) is 11.2 Å². The molecule has 122 valence electrons. The van der Waals surface area contributed by atoms with Gasteiger partial charge in [0.25, 0.3) is 0 Å². The van der Waals surface area contributed by atoms with Gasteiger partial charge in [-0.05, 0) is 37.0 Å². The zero-order valence-corrected chi connectivity index (χ0v) is 12.5. The first-order valence-electron chi connectivity index (χ1n) is 7.02. The van der Waals surface area contributed by atoms with Gasteiger partial charge in [-0.25, -0.2) is 4.39 Å². The van der Waals surface area contributed by atoms with Crippen molar-refractivity contribution in [3.05, 3.63) is 29.1 Å². The number of carbonyl (C=O) groups is 1. The van der Waals surface area contributed by atoms with Crippen LogP contribution in [0.15, 0.2) is 12.1 Å². The lowest BCUT2D eigenvalue weighted by Crippen LogP contribution is -2.44. The summed E-state index contributed by atoms with van der Waals surface area (Å²) in [6.45, 7) is 0.686. The maximum atomic E-state index is 14.2. The molecule has 1 heterocycles. The fourth-order valence-electron chi connectivity index (χ4n) is 2.72. The summed E-state index contributed by atoms with van der Waals surface area (Å²) < 4.78 is 51.1. The third-order valence-corrected chi connectivity index (χ3v) is 3.65. The Bertz CT molecular complexity index is 571. The van der Waals surface area contributed by atoms with Crippen LogP contribution in [0.5, 0.6) is 0 Å². The Kier molecular flexibility index (Phi) is 4.63. The van der Waals surface area contributed by atoms with Crippen LogP contribution in [0.25, 0.3) is 0 Å². The molecule has 0 N–H and O–H groups in total. The zero-order chi connectivity index (χ0) is 16.5. The molecule has 1 aliphatic rings. The first kappa shape index (κ1) is 16.6. The molecule has 0 aliphatic carbocycles. The lowest BCUT2D eigenvalue weighted by Gasteiger charge is -2.32. The molecule has 0 aromatic heterocycles. The van der Waals surface area contributed by atoms with Crippen LogP contribution in [0.4, 0.5) is 23.2 Å². The number of rotatable bonds is 3. The van der Waals surface area contributed by atoms with Gasteiger partial charge < -0.3 is 9.80 Å². The Morgan fingerprint density at radius 1 is 1.36 bits per heavy atom. The van der Waals surface area contributed by atoms with E-state index in [1.54, 1.807) is 6.92 Å². The summed E-state index contributed by atoms with van der Waals surface area (Å²) >= 11 is 0. The average molecular weight is 318 g/mol. The van der Waals surface area contributed by atoms with Crippen molar-refractivity contribution in [1.82, 2.24) is 4.90 Å². The smallest absolute Gasteiger partial charge is 0.360 e. The Hall–Kier alpha value is -1.79. The summed E-state index contributed by atoms with van der Waals surface area (Å²) in [6.07, 6.45) is -2.99. The average Bonchev–Trinajstić information content (AvgIpc) is 2.35. The molecule has 1 amide bonds. The number of anilines is 1. The highest BCUT2D eigenvalue weighted by atomic mass is 19.4. The predicted octanol–water partition coefficient (Wildman–Crippen LogP) is 2.91. The molecule has 3 nitrogen and oxygen atoms in total. The fourth-order valence-corrected chi connectivity index (χ4v) is 2.72. The second-order valence-corrected chi connectivity index (χ2v) is 5.64. The molecule has 1 aromatic carbocycles. The van der Waals surface area contributed by atoms with Crippen LogP contribution in [0.1, 0.15) is 17.5 Å². The minimum absolute atomic E-state index is 0.250. The van der Waals surface area contributed by atoms with Gasteiger partial charge in [0.1, 0.15) is 12.4 Å². The van der Waals surface area contributed by atoms with E-state index in [0.29, 0.717) is 23.6 Å². The number of carbonyl (C=O) groups excluding carboxylic acids is 1. The molecule has 2 rings (SSSR count). The van der Waals surface area contributed by atoms with E-state index in [0.717, 1.165) is 24.6 Å². The van der Waals surface area contributed by atoms with E-state index in [1.807, 2.05) is 6.07 Å². The van der Waals surface area contributed by atoms with Crippen molar-refractivity contribution in [2.75, 3.05) is 31.6 Å². The topological polar surface area (TPSA) is 23.6 Å². The molecule has 1 aromatic rings. The number of benzene rings is 1. The van der Waals surface area contributed by atoms with Gasteiger partial charge in [0, 0.05) is 13.6 Å². The summed E-state index contributed by atoms with van der Waals surface area (Å²) in [5.41, 5.74) is 1.93. The first-order valence-corrected chi connectivity index (χ1v) is 7.02. The van der Waals surface area contributed by atoms with E-state index in [2.05, 4.69) is 0 Å². The maximum absolute atomic E-state index is 14.2. The van der Waals surface area contributed by atoms with Crippen molar-refractivity contribution in [2.45, 2.75) is 25.9 Å². The number of likely N-dealkylation sites (N-methyl/N-ethyl adjacent to an activating group) is 1. The third kappa shape index (κ3) is 3.90. The van der Waals surface area contributed by atoms with E-state index in [1.165, 1.54) is 11.0 Å². The molecule has 0 bridgehead atoms. The van der Waals surface area contributed by atoms with Gasteiger partial charge in [-0.15, -0.1) is 0 Å². The van der Waals surface area contributed by atoms with Gasteiger partial charge in [0.2, 0.25) is 5.91 Å². The molecule has 0 fully saturated rings. The zero-order valence-electron chi connectivity index (χ0n) is 12.5. The lowest BCUT2D eigenvalue weighted by atomic mass is 9.99. The molecule has 1 aliphatic heterocycles. The van der Waals surface area contributed by atoms with Crippen LogP contribution in [0.2, 0.25) is 0 Å². The molecule has 0 atom stereocenters. The van der Waals surface area contributed by atoms with Crippen LogP contribution >= 0.6 is 0 Å². The summed E-state index contributed by atoms with van der Waals surface area (Å²) in [5, 5.41) is 0. The summed E-state index contributed by atoms with van der Waals surface area (Å²) in [7, 11) is 1.10. The molecule has 0 saturated carbocycles. The minimum Gasteiger partial charge on any atom is -0.360 e. The van der Waals surface area contributed by atoms with E-state index in [4.69, 9.17) is 0 Å². The van der Waals surface area contributed by atoms with Crippen LogP contribution in [0.3, 0.4) is 0 Å². The maximum Gasteiger partial charge on any atom is 0.406 e. The van der Waals surface area contributed by atoms with Crippen molar-refractivity contribution in [1.29, 1.82) is 0 Å². The number of hydrogen-bond donors (Lipinski definition) is 0. The second-order valence-electron chi connectivity index (χ2n) is 5.64. The third-order valence-electron chi connectivity index (χ3n) is 3.65. The number of alkyl halides is 3. The number of nitrogens with zero attached hydrogens (tertiary/aromatic N) is 2. The first-order chi connectivity index (χ1) is 10.2. The van der Waals surface area contributed by atoms with Gasteiger partial charge >= 0.3 is 6.18 Å². The van der Waals surface area contributed by atoms with Crippen LogP contribution in [0, 0.1) is 12.7 Å². The van der Waals surface area contributed by atoms with Crippen molar-refractivity contribution >= 4 is 11.6 Å². The van der Waals surface area contributed by atoms with Crippen LogP contribution in [-0.4, -0.2) is 43.7 Å². The van der Waals surface area contributed by atoms with Gasteiger partial charge in [-0.3, -0.25) is 4.79 Å². The highest BCUT2D eigenvalue weighted by Gasteiger charge is 2.32. The van der Waals surface area contributed by atoms with E-state index >= 15 is 0 Å². The standard InChI is InChI=1S/C15H18F4N2O/c1-10-6-11-4-3-5-21(14(11)12(16)7-10)8-13(22)20(2)9-15(17,18)19/h6-7H,3-5,8-9H2,1-2H3. The van der Waals surface area contributed by atoms with Crippen molar-refractivity contribution < 1.29 is 22.4 Å². The minimum atomic E-state index is -4.44. The monoisotopic (exact) mass is 318 g/mol. The molecule has 0 radical (unpaired) electrons. The van der Waals surface area contributed by atoms with Crippen molar-refractivity contribution in [2.24, 2.45) is 0 Å². The number of halogens is 4. The van der Waals surface area contributed by atoms with Crippen molar-refractivity contribution in [3.8, 4) is 0 Å². The summed E-state index contributed by atoms with van der Waals surface area (Å²) in [5.74, 6) is -1.11. The Labute approximate surface area is 126 Å². The molecule has 22 heavy (non-hydrogen) atoms. The molecule has 0 unspecified atom stereocenters. The fraction of sp³-hybridized carbons (Fsp3) is 0.533. The number of hydrogen-bond acceptors (Lipinski definition) is 2. The second kappa shape index (κ2) is 6.14. The summed E-state index contributed by atoms with van der Waals surface area (Å²) in [6, 6.07) is 3.23. The molecule has 0 saturated heterocycles. The predicted molar refractivity (Wildman–Crippen MR) is 75.4 cm³/mol. The Morgan fingerprint density at radius 2 is 2.05 bits per heavy atom. The number of fused-ring (bicyclic) bond motifs is 1. The van der Waals surface area contributed by atoms with E-state index in [9.17, 15) is 22.4 Å². The quantitative estimate of drug-likeness (QED) is 0.800. The van der Waals surface area contributed by atoms with Crippen LogP contribution < -0.4 is 4.90 Å². The molecular formula is C15H18F4N2O. The largest absolute Gasteiger partial charge is 0.406 e. The number of amides is 1. The normalized spacial score (nSPS) is 14.7. The van der Waals surface area contributed by atoms with Gasteiger partial charge in [0.15, 0.2) is 0 Å². The van der Waals surface area contributed by atoms with Gasteiger partial charge in [-0.1, -0.05) is 6.07 Å². The van der Waals surface area contributed by atoms with Crippen molar-refractivity contribution in [3.63, 3.8) is 0 Å². The Balaban J connectivity index is 2.14. The van der Waals surface area contributed by atoms with E-state index < -0.39 is 24.4 Å². The number of aryl methyl sites for hydroxylation is 2. The van der Waals surface area contributed by atoms with E-state index in [-0.39, 0.29) is 6.54 Å². The molecular weight excluding hydrogens is 300 g/mol. The lowest BCUT2D eigenvalue weighted by molar-refractivity contribution is -0.157. The highest BCUT2D eigenvalue weighted by Crippen LogP contribution is 2.31.